The second-order valence-electron chi connectivity index (χ2n) is 10.3. The van der Waals surface area contributed by atoms with Gasteiger partial charge < -0.3 is 19.4 Å². The lowest BCUT2D eigenvalue weighted by atomic mass is 9.96. The number of pyridine rings is 1. The van der Waals surface area contributed by atoms with Crippen LogP contribution in [0.25, 0.3) is 33.6 Å². The third kappa shape index (κ3) is 3.17. The smallest absolute Gasteiger partial charge is 0.254 e. The number of hydrogen-bond donors (Lipinski definition) is 1. The summed E-state index contributed by atoms with van der Waals surface area (Å²) in [6.07, 6.45) is 7.72. The average molecular weight is 455 g/mol. The highest BCUT2D eigenvalue weighted by molar-refractivity contribution is 5.98. The number of amides is 1. The van der Waals surface area contributed by atoms with Crippen LogP contribution in [0.3, 0.4) is 0 Å². The van der Waals surface area contributed by atoms with Crippen molar-refractivity contribution in [1.82, 2.24) is 29.3 Å². The topological polar surface area (TPSA) is 68.0 Å². The summed E-state index contributed by atoms with van der Waals surface area (Å²) in [6.45, 7) is 2.83. The molecule has 7 heteroatoms. The van der Waals surface area contributed by atoms with E-state index < -0.39 is 0 Å². The minimum atomic E-state index is 0.138. The molecule has 7 rings (SSSR count). The van der Waals surface area contributed by atoms with Gasteiger partial charge in [0.15, 0.2) is 5.82 Å². The number of aromatic nitrogens is 4. The minimum absolute atomic E-state index is 0.138. The van der Waals surface area contributed by atoms with E-state index in [1.807, 2.05) is 24.4 Å². The molecular weight excluding hydrogens is 424 g/mol. The van der Waals surface area contributed by atoms with E-state index in [1.165, 1.54) is 19.3 Å². The van der Waals surface area contributed by atoms with Gasteiger partial charge in [-0.25, -0.2) is 9.97 Å². The Hall–Kier alpha value is -3.19. The lowest BCUT2D eigenvalue weighted by molar-refractivity contribution is 0.0600. The molecule has 1 aliphatic carbocycles. The van der Waals surface area contributed by atoms with Gasteiger partial charge in [0.2, 0.25) is 0 Å². The zero-order chi connectivity index (χ0) is 22.8. The van der Waals surface area contributed by atoms with E-state index >= 15 is 0 Å². The maximum absolute atomic E-state index is 13.5. The molecule has 4 aromatic rings. The van der Waals surface area contributed by atoms with Gasteiger partial charge in [-0.3, -0.25) is 4.79 Å². The van der Waals surface area contributed by atoms with Crippen molar-refractivity contribution in [3.05, 3.63) is 48.2 Å². The van der Waals surface area contributed by atoms with Crippen molar-refractivity contribution in [2.45, 2.75) is 50.7 Å². The van der Waals surface area contributed by atoms with Crippen LogP contribution in [0, 0.1) is 5.92 Å². The average Bonchev–Trinajstić information content (AvgIpc) is 3.28. The summed E-state index contributed by atoms with van der Waals surface area (Å²) in [6, 6.07) is 13.1. The first kappa shape index (κ1) is 20.2. The Bertz CT molecular complexity index is 1410. The molecule has 3 aliphatic rings. The number of rotatable bonds is 4. The normalized spacial score (nSPS) is 22.6. The third-order valence-corrected chi connectivity index (χ3v) is 8.04. The largest absolute Gasteiger partial charge is 0.334 e. The maximum atomic E-state index is 13.5. The van der Waals surface area contributed by atoms with Crippen LogP contribution in [0.1, 0.15) is 42.5 Å². The van der Waals surface area contributed by atoms with E-state index in [0.29, 0.717) is 12.1 Å². The summed E-state index contributed by atoms with van der Waals surface area (Å²) < 4.78 is 4.49. The Morgan fingerprint density at radius 3 is 2.94 bits per heavy atom. The van der Waals surface area contributed by atoms with Crippen LogP contribution < -0.4 is 5.32 Å². The molecule has 7 nitrogen and oxygen atoms in total. The van der Waals surface area contributed by atoms with Crippen LogP contribution in [0.4, 0.5) is 0 Å². The molecule has 2 saturated heterocycles. The third-order valence-electron chi connectivity index (χ3n) is 8.04. The van der Waals surface area contributed by atoms with Crippen LogP contribution in [0.5, 0.6) is 0 Å². The predicted molar refractivity (Wildman–Crippen MR) is 133 cm³/mol. The molecule has 1 amide bonds. The first-order valence-electron chi connectivity index (χ1n) is 12.6. The number of likely N-dealkylation sites (tertiary alicyclic amines) is 1. The molecule has 0 radical (unpaired) electrons. The van der Waals surface area contributed by atoms with E-state index in [-0.39, 0.29) is 5.91 Å². The molecule has 174 valence electrons. The highest BCUT2D eigenvalue weighted by atomic mass is 16.2. The number of carbonyl (C=O) groups excluding carboxylic acids is 1. The fourth-order valence-electron chi connectivity index (χ4n) is 6.06. The standard InChI is InChI=1S/C27H30N6O/c1-31-22-9-8-19(27(34)32-13-3-5-20-23(32)10-12-28-20)14-21(22)30-26(31)24-15-18-4-2-11-29-25(18)33(24)16-17-6-7-17/h2,4,8-9,11,14-15,17,20,23,28H,3,5-7,10,12-13,16H2,1H3/t20-,23-/m0/s1. The SMILES string of the molecule is Cn1c(-c2cc3cccnc3n2CC2CC2)nc2cc(C(=O)N3CCC[C@@H]4NCC[C@@H]43)ccc21. The molecule has 1 N–H and O–H groups in total. The van der Waals surface area contributed by atoms with Gasteiger partial charge in [-0.2, -0.15) is 0 Å². The summed E-state index contributed by atoms with van der Waals surface area (Å²) in [5.41, 5.74) is 4.78. The summed E-state index contributed by atoms with van der Waals surface area (Å²) in [5, 5.41) is 4.71. The van der Waals surface area contributed by atoms with E-state index in [1.54, 1.807) is 0 Å². The number of nitrogens with one attached hydrogen (secondary N) is 1. The Balaban J connectivity index is 1.28. The molecule has 3 aromatic heterocycles. The highest BCUT2D eigenvalue weighted by Gasteiger charge is 2.37. The van der Waals surface area contributed by atoms with Gasteiger partial charge >= 0.3 is 0 Å². The van der Waals surface area contributed by atoms with Crippen LogP contribution in [-0.4, -0.2) is 55.1 Å². The Kier molecular flexibility index (Phi) is 4.56. The van der Waals surface area contributed by atoms with Crippen molar-refractivity contribution < 1.29 is 4.79 Å². The number of aryl methyl sites for hydroxylation is 1. The molecule has 2 atom stereocenters. The molecule has 0 spiro atoms. The number of imidazole rings is 1. The Morgan fingerprint density at radius 2 is 2.06 bits per heavy atom. The molecule has 1 saturated carbocycles. The summed E-state index contributed by atoms with van der Waals surface area (Å²) in [4.78, 5) is 25.3. The maximum Gasteiger partial charge on any atom is 0.254 e. The number of nitrogens with zero attached hydrogens (tertiary/aromatic N) is 5. The second kappa shape index (κ2) is 7.67. The highest BCUT2D eigenvalue weighted by Crippen LogP contribution is 2.36. The first-order valence-corrected chi connectivity index (χ1v) is 12.6. The number of benzene rings is 1. The zero-order valence-corrected chi connectivity index (χ0v) is 19.6. The minimum Gasteiger partial charge on any atom is -0.334 e. The number of hydrogen-bond acceptors (Lipinski definition) is 4. The van der Waals surface area contributed by atoms with E-state index in [2.05, 4.69) is 49.6 Å². The Morgan fingerprint density at radius 1 is 1.15 bits per heavy atom. The van der Waals surface area contributed by atoms with Crippen LogP contribution in [0.2, 0.25) is 0 Å². The van der Waals surface area contributed by atoms with Gasteiger partial charge in [0.05, 0.1) is 16.7 Å². The second-order valence-corrected chi connectivity index (χ2v) is 10.3. The van der Waals surface area contributed by atoms with Crippen molar-refractivity contribution in [3.8, 4) is 11.5 Å². The van der Waals surface area contributed by atoms with Gasteiger partial charge in [-0.1, -0.05) is 0 Å². The number of carbonyl (C=O) groups is 1. The summed E-state index contributed by atoms with van der Waals surface area (Å²) in [7, 11) is 2.07. The Labute approximate surface area is 198 Å². The molecule has 0 bridgehead atoms. The molecular formula is C27H30N6O. The van der Waals surface area contributed by atoms with Gasteiger partial charge in [0, 0.05) is 49.4 Å². The predicted octanol–water partition coefficient (Wildman–Crippen LogP) is 3.97. The van der Waals surface area contributed by atoms with Crippen molar-refractivity contribution in [3.63, 3.8) is 0 Å². The van der Waals surface area contributed by atoms with Crippen LogP contribution >= 0.6 is 0 Å². The molecule has 34 heavy (non-hydrogen) atoms. The van der Waals surface area contributed by atoms with Crippen molar-refractivity contribution in [2.24, 2.45) is 13.0 Å². The fourth-order valence-corrected chi connectivity index (χ4v) is 6.06. The van der Waals surface area contributed by atoms with Gasteiger partial charge in [-0.05, 0) is 81.0 Å². The van der Waals surface area contributed by atoms with Gasteiger partial charge in [0.1, 0.15) is 5.65 Å². The first-order chi connectivity index (χ1) is 16.7. The molecule has 0 unspecified atom stereocenters. The van der Waals surface area contributed by atoms with Crippen molar-refractivity contribution in [1.29, 1.82) is 0 Å². The van der Waals surface area contributed by atoms with Crippen LogP contribution in [0.15, 0.2) is 42.6 Å². The lowest BCUT2D eigenvalue weighted by Crippen LogP contribution is -2.51. The van der Waals surface area contributed by atoms with Crippen molar-refractivity contribution in [2.75, 3.05) is 13.1 Å². The molecule has 1 aromatic carbocycles. The lowest BCUT2D eigenvalue weighted by Gasteiger charge is -2.37. The summed E-state index contributed by atoms with van der Waals surface area (Å²) >= 11 is 0. The summed E-state index contributed by atoms with van der Waals surface area (Å²) in [5.74, 6) is 1.80. The number of fused-ring (bicyclic) bond motifs is 3. The molecule has 5 heterocycles. The quantitative estimate of drug-likeness (QED) is 0.507. The van der Waals surface area contributed by atoms with E-state index in [0.717, 1.165) is 77.5 Å². The van der Waals surface area contributed by atoms with E-state index in [9.17, 15) is 4.79 Å². The zero-order valence-electron chi connectivity index (χ0n) is 19.6. The molecule has 3 fully saturated rings. The van der Waals surface area contributed by atoms with Gasteiger partial charge in [-0.15, -0.1) is 0 Å². The number of piperidine rings is 1. The van der Waals surface area contributed by atoms with E-state index in [4.69, 9.17) is 4.98 Å². The van der Waals surface area contributed by atoms with Crippen molar-refractivity contribution >= 4 is 28.0 Å². The fraction of sp³-hybridized carbons (Fsp3) is 0.444. The van der Waals surface area contributed by atoms with Gasteiger partial charge in [0.25, 0.3) is 5.91 Å². The van der Waals surface area contributed by atoms with Crippen LogP contribution in [-0.2, 0) is 13.6 Å². The monoisotopic (exact) mass is 454 g/mol. The molecule has 2 aliphatic heterocycles.